The summed E-state index contributed by atoms with van der Waals surface area (Å²) in [5, 5.41) is 7.75. The number of ether oxygens (including phenoxy) is 1. The Morgan fingerprint density at radius 2 is 1.86 bits per heavy atom. The van der Waals surface area contributed by atoms with Gasteiger partial charge in [0.15, 0.2) is 6.61 Å². The fraction of sp³-hybridized carbons (Fsp3) is 0.0952. The number of hydrogen-bond acceptors (Lipinski definition) is 5. The average molecular weight is 409 g/mol. The molecule has 0 radical (unpaired) electrons. The fourth-order valence-corrected chi connectivity index (χ4v) is 3.92. The second kappa shape index (κ2) is 7.84. The molecule has 0 aliphatic carbocycles. The molecule has 0 aliphatic heterocycles. The van der Waals surface area contributed by atoms with Crippen molar-refractivity contribution in [1.82, 2.24) is 9.78 Å². The topological polar surface area (TPSA) is 73.2 Å². The summed E-state index contributed by atoms with van der Waals surface area (Å²) in [6.45, 7) is 1.36. The van der Waals surface area contributed by atoms with E-state index >= 15 is 0 Å². The number of benzene rings is 2. The lowest BCUT2D eigenvalue weighted by molar-refractivity contribution is -0.119. The number of fused-ring (bicyclic) bond motifs is 1. The van der Waals surface area contributed by atoms with Gasteiger partial charge in [0.2, 0.25) is 0 Å². The molecule has 0 saturated carbocycles. The van der Waals surface area contributed by atoms with E-state index in [0.717, 1.165) is 21.6 Å². The van der Waals surface area contributed by atoms with Crippen LogP contribution in [0.4, 0.5) is 10.1 Å². The van der Waals surface area contributed by atoms with Gasteiger partial charge in [-0.1, -0.05) is 30.3 Å². The summed E-state index contributed by atoms with van der Waals surface area (Å²) in [4.78, 5) is 25.5. The first-order valence-electron chi connectivity index (χ1n) is 8.79. The second-order valence-electron chi connectivity index (χ2n) is 6.27. The largest absolute Gasteiger partial charge is 0.451 e. The number of aryl methyl sites for hydroxylation is 1. The molecule has 0 unspecified atom stereocenters. The van der Waals surface area contributed by atoms with Crippen LogP contribution in [0.3, 0.4) is 0 Å². The minimum atomic E-state index is -0.617. The number of hydrogen-bond donors (Lipinski definition) is 1. The molecule has 0 aliphatic rings. The predicted octanol–water partition coefficient (Wildman–Crippen LogP) is 4.33. The highest BCUT2D eigenvalue weighted by Gasteiger charge is 2.19. The minimum absolute atomic E-state index is 0.0361. The molecule has 8 heteroatoms. The molecule has 0 fully saturated rings. The first-order chi connectivity index (χ1) is 14.0. The number of para-hydroxylation sites is 2. The van der Waals surface area contributed by atoms with Crippen LogP contribution < -0.4 is 5.32 Å². The number of halogens is 1. The number of rotatable bonds is 5. The second-order valence-corrected chi connectivity index (χ2v) is 7.30. The first-order valence-corrected chi connectivity index (χ1v) is 9.60. The van der Waals surface area contributed by atoms with E-state index in [1.165, 1.54) is 29.5 Å². The summed E-state index contributed by atoms with van der Waals surface area (Å²) >= 11 is 1.24. The van der Waals surface area contributed by atoms with Crippen molar-refractivity contribution >= 4 is 39.1 Å². The van der Waals surface area contributed by atoms with Gasteiger partial charge in [0.05, 0.1) is 17.1 Å². The predicted molar refractivity (Wildman–Crippen MR) is 109 cm³/mol. The third-order valence-electron chi connectivity index (χ3n) is 4.23. The maximum atomic E-state index is 13.6. The minimum Gasteiger partial charge on any atom is -0.451 e. The lowest BCUT2D eigenvalue weighted by Crippen LogP contribution is -2.21. The van der Waals surface area contributed by atoms with E-state index in [1.807, 2.05) is 37.3 Å². The van der Waals surface area contributed by atoms with Crippen LogP contribution in [-0.4, -0.2) is 28.3 Å². The van der Waals surface area contributed by atoms with Crippen LogP contribution in [0, 0.1) is 12.7 Å². The van der Waals surface area contributed by atoms with Gasteiger partial charge in [-0.3, -0.25) is 4.79 Å². The maximum Gasteiger partial charge on any atom is 0.348 e. The molecular weight excluding hydrogens is 393 g/mol. The highest BCUT2D eigenvalue weighted by Crippen LogP contribution is 2.30. The molecule has 146 valence electrons. The summed E-state index contributed by atoms with van der Waals surface area (Å²) in [7, 11) is 0. The first kappa shape index (κ1) is 18.8. The third-order valence-corrected chi connectivity index (χ3v) is 5.32. The molecule has 29 heavy (non-hydrogen) atoms. The van der Waals surface area contributed by atoms with Gasteiger partial charge < -0.3 is 10.1 Å². The van der Waals surface area contributed by atoms with Crippen LogP contribution in [0.1, 0.15) is 15.4 Å². The molecule has 2 aromatic heterocycles. The van der Waals surface area contributed by atoms with E-state index in [4.69, 9.17) is 4.74 Å². The summed E-state index contributed by atoms with van der Waals surface area (Å²) in [6.07, 6.45) is 0. The Hall–Kier alpha value is -3.52. The van der Waals surface area contributed by atoms with E-state index < -0.39 is 24.3 Å². The smallest absolute Gasteiger partial charge is 0.348 e. The highest BCUT2D eigenvalue weighted by atomic mass is 32.1. The van der Waals surface area contributed by atoms with E-state index in [2.05, 4.69) is 10.4 Å². The van der Waals surface area contributed by atoms with Gasteiger partial charge >= 0.3 is 5.97 Å². The van der Waals surface area contributed by atoms with Gasteiger partial charge in [0.25, 0.3) is 5.91 Å². The van der Waals surface area contributed by atoms with Crippen molar-refractivity contribution < 1.29 is 18.7 Å². The van der Waals surface area contributed by atoms with Gasteiger partial charge in [0.1, 0.15) is 15.5 Å². The van der Waals surface area contributed by atoms with Crippen molar-refractivity contribution in [3.8, 4) is 5.69 Å². The molecular formula is C21H16FN3O3S. The fourth-order valence-electron chi connectivity index (χ4n) is 2.84. The van der Waals surface area contributed by atoms with Crippen LogP contribution in [0.25, 0.3) is 15.9 Å². The number of nitrogens with one attached hydrogen (secondary N) is 1. The van der Waals surface area contributed by atoms with Gasteiger partial charge in [0, 0.05) is 5.39 Å². The molecule has 4 aromatic rings. The zero-order valence-electron chi connectivity index (χ0n) is 15.4. The number of thiophene rings is 1. The summed E-state index contributed by atoms with van der Waals surface area (Å²) < 4.78 is 20.5. The lowest BCUT2D eigenvalue weighted by Gasteiger charge is -2.06. The number of carbonyl (C=O) groups is 2. The van der Waals surface area contributed by atoms with Gasteiger partial charge in [-0.15, -0.1) is 11.3 Å². The van der Waals surface area contributed by atoms with Crippen molar-refractivity contribution in [2.75, 3.05) is 11.9 Å². The van der Waals surface area contributed by atoms with Crippen LogP contribution in [0.5, 0.6) is 0 Å². The Labute approximate surface area is 169 Å². The van der Waals surface area contributed by atoms with Gasteiger partial charge in [-0.2, -0.15) is 5.10 Å². The van der Waals surface area contributed by atoms with Crippen molar-refractivity contribution in [1.29, 1.82) is 0 Å². The van der Waals surface area contributed by atoms with Crippen LogP contribution >= 0.6 is 11.3 Å². The molecule has 2 heterocycles. The molecule has 6 nitrogen and oxygen atoms in total. The van der Waals surface area contributed by atoms with Crippen molar-refractivity contribution in [3.63, 3.8) is 0 Å². The molecule has 0 bridgehead atoms. The van der Waals surface area contributed by atoms with Crippen LogP contribution in [0.15, 0.2) is 60.7 Å². The van der Waals surface area contributed by atoms with Gasteiger partial charge in [-0.25, -0.2) is 13.9 Å². The van der Waals surface area contributed by atoms with E-state index in [1.54, 1.807) is 16.8 Å². The highest BCUT2D eigenvalue weighted by molar-refractivity contribution is 7.20. The number of esters is 1. The SMILES string of the molecule is Cc1nn(-c2ccccc2)c2sc(C(=O)OCC(=O)Nc3ccccc3F)cc12. The van der Waals surface area contributed by atoms with E-state index in [-0.39, 0.29) is 5.69 Å². The van der Waals surface area contributed by atoms with E-state index in [9.17, 15) is 14.0 Å². The molecule has 1 amide bonds. The summed E-state index contributed by atoms with van der Waals surface area (Å²) in [5.41, 5.74) is 1.71. The van der Waals surface area contributed by atoms with Crippen LogP contribution in [0.2, 0.25) is 0 Å². The molecule has 0 saturated heterocycles. The van der Waals surface area contributed by atoms with Gasteiger partial charge in [-0.05, 0) is 37.3 Å². The van der Waals surface area contributed by atoms with Crippen molar-refractivity contribution in [2.45, 2.75) is 6.92 Å². The number of carbonyl (C=O) groups excluding carboxylic acids is 2. The standard InChI is InChI=1S/C21H16FN3O3S/c1-13-15-11-18(29-20(15)25(24-13)14-7-3-2-4-8-14)21(27)28-12-19(26)23-17-10-6-5-9-16(17)22/h2-11H,12H2,1H3,(H,23,26). The molecule has 2 aromatic carbocycles. The van der Waals surface area contributed by atoms with Crippen molar-refractivity contribution in [2.24, 2.45) is 0 Å². The van der Waals surface area contributed by atoms with Crippen molar-refractivity contribution in [3.05, 3.63) is 77.1 Å². The zero-order chi connectivity index (χ0) is 20.4. The monoisotopic (exact) mass is 409 g/mol. The molecule has 1 N–H and O–H groups in total. The average Bonchev–Trinajstić information content (AvgIpc) is 3.29. The number of nitrogens with zero attached hydrogens (tertiary/aromatic N) is 2. The summed E-state index contributed by atoms with van der Waals surface area (Å²) in [6, 6.07) is 17.1. The number of aromatic nitrogens is 2. The Kier molecular flexibility index (Phi) is 5.09. The molecule has 0 atom stereocenters. The van der Waals surface area contributed by atoms with Crippen LogP contribution in [-0.2, 0) is 9.53 Å². The zero-order valence-corrected chi connectivity index (χ0v) is 16.2. The third kappa shape index (κ3) is 3.88. The lowest BCUT2D eigenvalue weighted by atomic mass is 10.3. The molecule has 4 rings (SSSR count). The summed E-state index contributed by atoms with van der Waals surface area (Å²) in [5.74, 6) is -1.79. The number of amides is 1. The number of anilines is 1. The Morgan fingerprint density at radius 1 is 1.14 bits per heavy atom. The quantitative estimate of drug-likeness (QED) is 0.498. The normalized spacial score (nSPS) is 10.8. The van der Waals surface area contributed by atoms with E-state index in [0.29, 0.717) is 4.88 Å². The Balaban J connectivity index is 1.48. The molecule has 0 spiro atoms. The maximum absolute atomic E-state index is 13.6. The Bertz CT molecular complexity index is 1200. The Morgan fingerprint density at radius 3 is 2.62 bits per heavy atom.